The number of carbonyl (C=O) groups excluding carboxylic acids is 1. The van der Waals surface area contributed by atoms with E-state index < -0.39 is 7.82 Å². The van der Waals surface area contributed by atoms with Crippen LogP contribution in [0.3, 0.4) is 0 Å². The van der Waals surface area contributed by atoms with Crippen molar-refractivity contribution in [3.63, 3.8) is 0 Å². The third kappa shape index (κ3) is 8.43. The lowest BCUT2D eigenvalue weighted by molar-refractivity contribution is -0.116. The van der Waals surface area contributed by atoms with Crippen LogP contribution in [0.2, 0.25) is 0 Å². The van der Waals surface area contributed by atoms with E-state index in [4.69, 9.17) is 15.5 Å². The van der Waals surface area contributed by atoms with Crippen LogP contribution in [0.25, 0.3) is 0 Å². The Labute approximate surface area is 186 Å². The number of benzene rings is 1. The van der Waals surface area contributed by atoms with Crippen molar-refractivity contribution in [1.82, 2.24) is 14.9 Å². The Kier molecular flexibility index (Phi) is 9.21. The van der Waals surface area contributed by atoms with Gasteiger partial charge in [-0.1, -0.05) is 29.8 Å². The average molecular weight is 467 g/mol. The minimum atomic E-state index is -4.58. The zero-order chi connectivity index (χ0) is 23.0. The van der Waals surface area contributed by atoms with E-state index in [-0.39, 0.29) is 19.6 Å². The molecule has 1 heterocycles. The van der Waals surface area contributed by atoms with Gasteiger partial charge in [0.05, 0.1) is 13.2 Å². The van der Waals surface area contributed by atoms with Crippen LogP contribution in [0, 0.1) is 13.8 Å². The van der Waals surface area contributed by atoms with E-state index >= 15 is 0 Å². The molecule has 0 unspecified atom stereocenters. The summed E-state index contributed by atoms with van der Waals surface area (Å²) in [5, 5.41) is 0. The van der Waals surface area contributed by atoms with Gasteiger partial charge < -0.3 is 20.4 Å². The van der Waals surface area contributed by atoms with Crippen molar-refractivity contribution in [3.05, 3.63) is 63.6 Å². The number of anilines is 1. The number of amides is 1. The summed E-state index contributed by atoms with van der Waals surface area (Å²) < 4.78 is 15.7. The molecular formula is C20H27N4O5PS. The number of nitrogens with two attached hydrogens (primary N) is 1. The Hall–Kier alpha value is -2.23. The van der Waals surface area contributed by atoms with Gasteiger partial charge in [0.25, 0.3) is 0 Å². The second-order valence-corrected chi connectivity index (χ2v) is 9.23. The van der Waals surface area contributed by atoms with Crippen LogP contribution in [0.1, 0.15) is 35.9 Å². The third-order valence-corrected chi connectivity index (χ3v) is 6.25. The van der Waals surface area contributed by atoms with Gasteiger partial charge in [0.1, 0.15) is 11.6 Å². The first-order chi connectivity index (χ1) is 14.6. The van der Waals surface area contributed by atoms with Crippen LogP contribution in [0.5, 0.6) is 0 Å². The lowest BCUT2D eigenvalue weighted by atomic mass is 10.2. The molecule has 0 fully saturated rings. The zero-order valence-electron chi connectivity index (χ0n) is 17.7. The zero-order valence-corrected chi connectivity index (χ0v) is 19.4. The highest BCUT2D eigenvalue weighted by Crippen LogP contribution is 2.37. The van der Waals surface area contributed by atoms with Crippen molar-refractivity contribution in [2.45, 2.75) is 39.5 Å². The lowest BCUT2D eigenvalue weighted by Crippen LogP contribution is -2.22. The van der Waals surface area contributed by atoms with Crippen LogP contribution >= 0.6 is 19.6 Å². The first-order valence-electron chi connectivity index (χ1n) is 9.47. The van der Waals surface area contributed by atoms with Crippen LogP contribution in [-0.2, 0) is 26.2 Å². The number of hydrogen-bond donors (Lipinski definition) is 3. The van der Waals surface area contributed by atoms with Crippen LogP contribution < -0.4 is 5.73 Å². The Morgan fingerprint density at radius 3 is 2.71 bits per heavy atom. The number of carbonyl (C=O) groups is 1. The molecule has 11 heteroatoms. The van der Waals surface area contributed by atoms with Crippen molar-refractivity contribution >= 4 is 31.8 Å². The number of phosphoric acid groups is 1. The number of nitrogen functional groups attached to an aromatic ring is 1. The van der Waals surface area contributed by atoms with Crippen molar-refractivity contribution in [1.29, 1.82) is 0 Å². The molecule has 0 radical (unpaired) electrons. The summed E-state index contributed by atoms with van der Waals surface area (Å²) in [5.74, 6) is 1.47. The summed E-state index contributed by atoms with van der Waals surface area (Å²) in [6, 6.07) is 8.04. The van der Waals surface area contributed by atoms with Crippen LogP contribution in [0.15, 0.2) is 41.1 Å². The van der Waals surface area contributed by atoms with E-state index in [9.17, 15) is 9.36 Å². The molecule has 0 saturated heterocycles. The Bertz CT molecular complexity index is 995. The molecule has 1 amide bonds. The Balaban J connectivity index is 2.24. The number of rotatable bonds is 11. The predicted molar refractivity (Wildman–Crippen MR) is 121 cm³/mol. The van der Waals surface area contributed by atoms with Gasteiger partial charge in [-0.3, -0.25) is 9.32 Å². The second kappa shape index (κ2) is 11.4. The molecule has 1 aromatic carbocycles. The minimum Gasteiger partial charge on any atom is -0.383 e. The fourth-order valence-corrected chi connectivity index (χ4v) is 4.20. The first-order valence-corrected chi connectivity index (χ1v) is 12.0. The number of allylic oxidation sites excluding steroid dienone is 1. The molecule has 2 rings (SSSR count). The molecule has 168 valence electrons. The molecule has 0 aliphatic heterocycles. The highest BCUT2D eigenvalue weighted by Gasteiger charge is 2.17. The first kappa shape index (κ1) is 25.0. The molecule has 0 aliphatic rings. The van der Waals surface area contributed by atoms with Gasteiger partial charge >= 0.3 is 7.82 Å². The van der Waals surface area contributed by atoms with Crippen LogP contribution in [-0.4, -0.2) is 37.7 Å². The summed E-state index contributed by atoms with van der Waals surface area (Å²) in [4.78, 5) is 40.3. The van der Waals surface area contributed by atoms with Crippen molar-refractivity contribution < 1.29 is 23.7 Å². The highest BCUT2D eigenvalue weighted by molar-refractivity contribution is 8.02. The van der Waals surface area contributed by atoms with Crippen molar-refractivity contribution in [2.75, 3.05) is 12.3 Å². The number of aromatic nitrogens is 2. The van der Waals surface area contributed by atoms with Gasteiger partial charge in [-0.2, -0.15) is 0 Å². The van der Waals surface area contributed by atoms with Gasteiger partial charge in [0.2, 0.25) is 6.41 Å². The summed E-state index contributed by atoms with van der Waals surface area (Å²) >= 11 is 1.49. The molecule has 4 N–H and O–H groups in total. The van der Waals surface area contributed by atoms with E-state index in [1.54, 1.807) is 20.0 Å². The molecule has 0 atom stereocenters. The SMILES string of the molecule is C/C(=C(\CCOP(=O)(O)O)SCc1cccc(C)c1)N(C=O)Cc1cnc(C)nc1N. The number of nitrogens with zero attached hydrogens (tertiary/aromatic N) is 3. The largest absolute Gasteiger partial charge is 0.469 e. The number of aryl methyl sites for hydroxylation is 2. The number of phosphoric ester groups is 1. The fraction of sp³-hybridized carbons (Fsp3) is 0.350. The van der Waals surface area contributed by atoms with E-state index in [1.165, 1.54) is 16.7 Å². The summed E-state index contributed by atoms with van der Waals surface area (Å²) in [7, 11) is -4.58. The van der Waals surface area contributed by atoms with Crippen LogP contribution in [0.4, 0.5) is 5.82 Å². The summed E-state index contributed by atoms with van der Waals surface area (Å²) in [6.07, 6.45) is 2.50. The molecule has 0 saturated carbocycles. The van der Waals surface area contributed by atoms with Gasteiger partial charge in [0.15, 0.2) is 0 Å². The maximum atomic E-state index is 11.8. The minimum absolute atomic E-state index is 0.176. The maximum Gasteiger partial charge on any atom is 0.469 e. The van der Waals surface area contributed by atoms with Gasteiger partial charge in [-0.05, 0) is 26.3 Å². The molecular weight excluding hydrogens is 439 g/mol. The van der Waals surface area contributed by atoms with E-state index in [2.05, 4.69) is 20.6 Å². The Morgan fingerprint density at radius 2 is 2.10 bits per heavy atom. The Morgan fingerprint density at radius 1 is 1.35 bits per heavy atom. The number of hydrogen-bond acceptors (Lipinski definition) is 7. The maximum absolute atomic E-state index is 11.8. The average Bonchev–Trinajstić information content (AvgIpc) is 2.69. The molecule has 1 aromatic heterocycles. The van der Waals surface area contributed by atoms with E-state index in [1.807, 2.05) is 25.1 Å². The third-order valence-electron chi connectivity index (χ3n) is 4.40. The molecule has 0 spiro atoms. The standard InChI is InChI=1S/C20H27N4O5PS/c1-14-5-4-6-17(9-14)12-31-19(7-8-29-30(26,27)28)15(2)24(13-25)11-18-10-22-16(3)23-20(18)21/h4-6,9-10,13H,7-8,11-12H2,1-3H3,(H2,21,22,23)(H2,26,27,28)/b19-15-. The van der Waals surface area contributed by atoms with Gasteiger partial charge in [0, 0.05) is 34.5 Å². The summed E-state index contributed by atoms with van der Waals surface area (Å²) in [5.41, 5.74) is 9.43. The molecule has 2 aromatic rings. The number of thioether (sulfide) groups is 1. The normalized spacial score (nSPS) is 12.4. The topological polar surface area (TPSA) is 139 Å². The summed E-state index contributed by atoms with van der Waals surface area (Å²) in [6.45, 7) is 5.50. The molecule has 9 nitrogen and oxygen atoms in total. The van der Waals surface area contributed by atoms with Crippen molar-refractivity contribution in [2.24, 2.45) is 0 Å². The molecule has 0 aliphatic carbocycles. The van der Waals surface area contributed by atoms with Gasteiger partial charge in [-0.15, -0.1) is 11.8 Å². The van der Waals surface area contributed by atoms with Gasteiger partial charge in [-0.25, -0.2) is 14.5 Å². The predicted octanol–water partition coefficient (Wildman–Crippen LogP) is 3.30. The smallest absolute Gasteiger partial charge is 0.383 e. The highest BCUT2D eigenvalue weighted by atomic mass is 32.2. The lowest BCUT2D eigenvalue weighted by Gasteiger charge is -2.22. The quantitative estimate of drug-likeness (QED) is 0.336. The van der Waals surface area contributed by atoms with E-state index in [0.717, 1.165) is 16.0 Å². The second-order valence-electron chi connectivity index (χ2n) is 6.92. The fourth-order valence-electron chi connectivity index (χ4n) is 2.80. The molecule has 0 bridgehead atoms. The van der Waals surface area contributed by atoms with E-state index in [0.29, 0.717) is 35.1 Å². The molecule has 31 heavy (non-hydrogen) atoms. The monoisotopic (exact) mass is 466 g/mol. The van der Waals surface area contributed by atoms with Crippen molar-refractivity contribution in [3.8, 4) is 0 Å².